The summed E-state index contributed by atoms with van der Waals surface area (Å²) in [6.45, 7) is 0. The predicted molar refractivity (Wildman–Crippen MR) is 73.7 cm³/mol. The van der Waals surface area contributed by atoms with Crippen molar-refractivity contribution in [1.82, 2.24) is 0 Å². The minimum atomic E-state index is -4.41. The molecule has 0 radical (unpaired) electrons. The van der Waals surface area contributed by atoms with Gasteiger partial charge in [0, 0.05) is 4.90 Å². The number of benzene rings is 2. The van der Waals surface area contributed by atoms with Gasteiger partial charge >= 0.3 is 6.18 Å². The Balaban J connectivity index is 2.41. The van der Waals surface area contributed by atoms with Crippen molar-refractivity contribution < 1.29 is 18.3 Å². The van der Waals surface area contributed by atoms with E-state index in [9.17, 15) is 18.3 Å². The monoisotopic (exact) mass is 298 g/mol. The average molecular weight is 298 g/mol. The Morgan fingerprint density at radius 2 is 1.75 bits per heavy atom. The number of rotatable bonds is 3. The molecule has 0 fully saturated rings. The summed E-state index contributed by atoms with van der Waals surface area (Å²) in [6.07, 6.45) is -3.62. The highest BCUT2D eigenvalue weighted by Crippen LogP contribution is 2.34. The number of aliphatic hydroxyl groups is 1. The van der Waals surface area contributed by atoms with Crippen LogP contribution in [0, 0.1) is 0 Å². The number of hydrogen-bond donors (Lipinski definition) is 1. The maximum atomic E-state index is 12.7. The molecular formula is C15H13F3OS. The van der Waals surface area contributed by atoms with E-state index in [-0.39, 0.29) is 5.56 Å². The van der Waals surface area contributed by atoms with Crippen LogP contribution in [-0.4, -0.2) is 11.4 Å². The molecule has 5 heteroatoms. The second-order valence-corrected chi connectivity index (χ2v) is 5.12. The van der Waals surface area contributed by atoms with Gasteiger partial charge in [-0.25, -0.2) is 0 Å². The highest BCUT2D eigenvalue weighted by atomic mass is 32.2. The van der Waals surface area contributed by atoms with Gasteiger partial charge < -0.3 is 5.11 Å². The first-order chi connectivity index (χ1) is 9.43. The van der Waals surface area contributed by atoms with Gasteiger partial charge in [-0.15, -0.1) is 11.8 Å². The SMILES string of the molecule is CSc1ccccc1C(O)c1cccc(C(F)(F)F)c1. The Morgan fingerprint density at radius 1 is 1.05 bits per heavy atom. The van der Waals surface area contributed by atoms with Gasteiger partial charge in [0.2, 0.25) is 0 Å². The lowest BCUT2D eigenvalue weighted by Crippen LogP contribution is -2.07. The maximum absolute atomic E-state index is 12.7. The van der Waals surface area contributed by atoms with Crippen LogP contribution in [0.15, 0.2) is 53.4 Å². The first-order valence-corrected chi connectivity index (χ1v) is 7.14. The lowest BCUT2D eigenvalue weighted by Gasteiger charge is -2.16. The molecule has 1 atom stereocenters. The number of alkyl halides is 3. The largest absolute Gasteiger partial charge is 0.416 e. The number of aliphatic hydroxyl groups excluding tert-OH is 1. The van der Waals surface area contributed by atoms with E-state index >= 15 is 0 Å². The molecule has 0 saturated carbocycles. The third-order valence-electron chi connectivity index (χ3n) is 2.96. The molecule has 1 unspecified atom stereocenters. The standard InChI is InChI=1S/C15H13F3OS/c1-20-13-8-3-2-7-12(13)14(19)10-5-4-6-11(9-10)15(16,17)18/h2-9,14,19H,1H3. The lowest BCUT2D eigenvalue weighted by atomic mass is 9.99. The summed E-state index contributed by atoms with van der Waals surface area (Å²) in [6, 6.07) is 11.9. The Hall–Kier alpha value is -1.46. The van der Waals surface area contributed by atoms with Crippen molar-refractivity contribution in [2.24, 2.45) is 0 Å². The Morgan fingerprint density at radius 3 is 2.40 bits per heavy atom. The van der Waals surface area contributed by atoms with Crippen molar-refractivity contribution in [3.8, 4) is 0 Å². The van der Waals surface area contributed by atoms with E-state index in [0.717, 1.165) is 17.0 Å². The normalized spacial score (nSPS) is 13.2. The van der Waals surface area contributed by atoms with Crippen LogP contribution in [0.4, 0.5) is 13.2 Å². The summed E-state index contributed by atoms with van der Waals surface area (Å²) in [5.41, 5.74) is 0.0938. The van der Waals surface area contributed by atoms with Crippen LogP contribution in [0.1, 0.15) is 22.8 Å². The van der Waals surface area contributed by atoms with Crippen LogP contribution in [0.5, 0.6) is 0 Å². The summed E-state index contributed by atoms with van der Waals surface area (Å²) >= 11 is 1.45. The van der Waals surface area contributed by atoms with Gasteiger partial charge in [-0.05, 0) is 35.6 Å². The van der Waals surface area contributed by atoms with Gasteiger partial charge in [0.1, 0.15) is 6.10 Å². The van der Waals surface area contributed by atoms with E-state index in [1.807, 2.05) is 18.4 Å². The second kappa shape index (κ2) is 5.89. The molecule has 106 valence electrons. The molecule has 2 rings (SSSR count). The molecule has 0 bridgehead atoms. The third kappa shape index (κ3) is 3.16. The highest BCUT2D eigenvalue weighted by molar-refractivity contribution is 7.98. The van der Waals surface area contributed by atoms with Crippen LogP contribution in [-0.2, 0) is 6.18 Å². The van der Waals surface area contributed by atoms with Crippen molar-refractivity contribution in [1.29, 1.82) is 0 Å². The molecule has 0 aliphatic rings. The van der Waals surface area contributed by atoms with Crippen LogP contribution in [0.25, 0.3) is 0 Å². The molecule has 0 saturated heterocycles. The fourth-order valence-electron chi connectivity index (χ4n) is 1.96. The molecule has 0 amide bonds. The Bertz CT molecular complexity index is 596. The fraction of sp³-hybridized carbons (Fsp3) is 0.200. The van der Waals surface area contributed by atoms with Crippen LogP contribution >= 0.6 is 11.8 Å². The van der Waals surface area contributed by atoms with Crippen molar-refractivity contribution in [2.75, 3.05) is 6.26 Å². The van der Waals surface area contributed by atoms with E-state index in [1.165, 1.54) is 23.9 Å². The zero-order chi connectivity index (χ0) is 14.8. The zero-order valence-corrected chi connectivity index (χ0v) is 11.5. The number of hydrogen-bond acceptors (Lipinski definition) is 2. The molecule has 0 spiro atoms. The van der Waals surface area contributed by atoms with E-state index < -0.39 is 17.8 Å². The molecule has 2 aromatic rings. The summed E-state index contributed by atoms with van der Waals surface area (Å²) in [7, 11) is 0. The van der Waals surface area contributed by atoms with E-state index in [4.69, 9.17) is 0 Å². The van der Waals surface area contributed by atoms with Crippen LogP contribution in [0.2, 0.25) is 0 Å². The minimum absolute atomic E-state index is 0.237. The van der Waals surface area contributed by atoms with Gasteiger partial charge in [-0.1, -0.05) is 30.3 Å². The van der Waals surface area contributed by atoms with Crippen molar-refractivity contribution in [3.63, 3.8) is 0 Å². The zero-order valence-electron chi connectivity index (χ0n) is 10.7. The number of thioether (sulfide) groups is 1. The molecule has 0 heterocycles. The van der Waals surface area contributed by atoms with Crippen molar-refractivity contribution in [2.45, 2.75) is 17.2 Å². The van der Waals surface area contributed by atoms with Gasteiger partial charge in [-0.2, -0.15) is 13.2 Å². The fourth-order valence-corrected chi connectivity index (χ4v) is 2.59. The van der Waals surface area contributed by atoms with Gasteiger partial charge in [0.05, 0.1) is 5.56 Å². The number of halogens is 3. The van der Waals surface area contributed by atoms with Crippen molar-refractivity contribution in [3.05, 3.63) is 65.2 Å². The molecule has 1 N–H and O–H groups in total. The first-order valence-electron chi connectivity index (χ1n) is 5.91. The third-order valence-corrected chi connectivity index (χ3v) is 3.77. The smallest absolute Gasteiger partial charge is 0.384 e. The average Bonchev–Trinajstić information content (AvgIpc) is 2.45. The summed E-state index contributed by atoms with van der Waals surface area (Å²) < 4.78 is 38.1. The van der Waals surface area contributed by atoms with Gasteiger partial charge in [0.25, 0.3) is 0 Å². The lowest BCUT2D eigenvalue weighted by molar-refractivity contribution is -0.137. The molecule has 20 heavy (non-hydrogen) atoms. The summed E-state index contributed by atoms with van der Waals surface area (Å²) in [5.74, 6) is 0. The van der Waals surface area contributed by atoms with E-state index in [2.05, 4.69) is 0 Å². The van der Waals surface area contributed by atoms with Crippen LogP contribution in [0.3, 0.4) is 0 Å². The highest BCUT2D eigenvalue weighted by Gasteiger charge is 2.31. The molecule has 0 aromatic heterocycles. The molecule has 0 aliphatic heterocycles. The Labute approximate surface area is 119 Å². The maximum Gasteiger partial charge on any atom is 0.416 e. The predicted octanol–water partition coefficient (Wildman–Crippen LogP) is 4.51. The topological polar surface area (TPSA) is 20.2 Å². The Kier molecular flexibility index (Phi) is 4.40. The second-order valence-electron chi connectivity index (χ2n) is 4.27. The molecule has 1 nitrogen and oxygen atoms in total. The molecular weight excluding hydrogens is 285 g/mol. The molecule has 0 aliphatic carbocycles. The molecule has 2 aromatic carbocycles. The van der Waals surface area contributed by atoms with E-state index in [1.54, 1.807) is 12.1 Å². The van der Waals surface area contributed by atoms with Gasteiger partial charge in [0.15, 0.2) is 0 Å². The van der Waals surface area contributed by atoms with Gasteiger partial charge in [-0.3, -0.25) is 0 Å². The summed E-state index contributed by atoms with van der Waals surface area (Å²) in [4.78, 5) is 0.845. The van der Waals surface area contributed by atoms with Crippen molar-refractivity contribution >= 4 is 11.8 Å². The summed E-state index contributed by atoms with van der Waals surface area (Å²) in [5, 5.41) is 10.3. The van der Waals surface area contributed by atoms with E-state index in [0.29, 0.717) is 5.56 Å². The van der Waals surface area contributed by atoms with Crippen LogP contribution < -0.4 is 0 Å². The minimum Gasteiger partial charge on any atom is -0.384 e. The quantitative estimate of drug-likeness (QED) is 0.841. The first kappa shape index (κ1) is 14.9.